The summed E-state index contributed by atoms with van der Waals surface area (Å²) in [6, 6.07) is 0.242. The van der Waals surface area contributed by atoms with Gasteiger partial charge in [-0.3, -0.25) is 4.79 Å². The maximum Gasteiger partial charge on any atom is 0.323 e. The number of esters is 1. The molecule has 0 fully saturated rings. The van der Waals surface area contributed by atoms with Crippen molar-refractivity contribution in [3.8, 4) is 6.01 Å². The van der Waals surface area contributed by atoms with Crippen molar-refractivity contribution in [1.29, 1.82) is 0 Å². The van der Waals surface area contributed by atoms with E-state index in [4.69, 9.17) is 4.74 Å². The van der Waals surface area contributed by atoms with Crippen LogP contribution >= 0.6 is 0 Å². The Labute approximate surface area is 118 Å². The minimum absolute atomic E-state index is 0.0326. The molecule has 0 saturated carbocycles. The van der Waals surface area contributed by atoms with E-state index in [0.29, 0.717) is 25.0 Å². The van der Waals surface area contributed by atoms with Gasteiger partial charge >= 0.3 is 12.0 Å². The largest absolute Gasteiger partial charge is 0.469 e. The third-order valence-electron chi connectivity index (χ3n) is 2.13. The zero-order chi connectivity index (χ0) is 15.0. The van der Waals surface area contributed by atoms with Crippen LogP contribution in [0.25, 0.3) is 0 Å². The van der Waals surface area contributed by atoms with Gasteiger partial charge in [-0.1, -0.05) is 0 Å². The lowest BCUT2D eigenvalue weighted by Gasteiger charge is -2.11. The standard InChI is InChI=1S/C12H21N5O3/c1-5-13-10-15-11(14-7-6-9(18)19-4)17-12(16-10)20-8(2)3/h8H,5-7H2,1-4H3,(H2,13,14,15,16,17). The monoisotopic (exact) mass is 283 g/mol. The molecule has 2 N–H and O–H groups in total. The number of ether oxygens (including phenoxy) is 2. The molecule has 0 aliphatic heterocycles. The van der Waals surface area contributed by atoms with Crippen LogP contribution in [0.3, 0.4) is 0 Å². The number of aromatic nitrogens is 3. The van der Waals surface area contributed by atoms with Crippen molar-refractivity contribution in [2.45, 2.75) is 33.3 Å². The number of nitrogens with one attached hydrogen (secondary N) is 2. The fraction of sp³-hybridized carbons (Fsp3) is 0.667. The molecule has 0 unspecified atom stereocenters. The number of carbonyl (C=O) groups is 1. The van der Waals surface area contributed by atoms with Gasteiger partial charge in [0.2, 0.25) is 11.9 Å². The highest BCUT2D eigenvalue weighted by atomic mass is 16.5. The van der Waals surface area contributed by atoms with Gasteiger partial charge in [0, 0.05) is 13.1 Å². The van der Waals surface area contributed by atoms with Gasteiger partial charge < -0.3 is 20.1 Å². The third kappa shape index (κ3) is 5.68. The van der Waals surface area contributed by atoms with Gasteiger partial charge in [-0.25, -0.2) is 0 Å². The Morgan fingerprint density at radius 2 is 1.85 bits per heavy atom. The molecule has 0 spiro atoms. The van der Waals surface area contributed by atoms with E-state index in [1.807, 2.05) is 20.8 Å². The molecular formula is C12H21N5O3. The molecule has 0 saturated heterocycles. The molecule has 20 heavy (non-hydrogen) atoms. The molecule has 0 radical (unpaired) electrons. The van der Waals surface area contributed by atoms with E-state index in [9.17, 15) is 4.79 Å². The molecule has 8 heteroatoms. The normalized spacial score (nSPS) is 10.2. The second-order valence-electron chi connectivity index (χ2n) is 4.22. The highest BCUT2D eigenvalue weighted by Crippen LogP contribution is 2.12. The number of hydrogen-bond acceptors (Lipinski definition) is 8. The Kier molecular flexibility index (Phi) is 6.48. The number of rotatable bonds is 8. The first-order valence-electron chi connectivity index (χ1n) is 6.52. The maximum atomic E-state index is 11.0. The summed E-state index contributed by atoms with van der Waals surface area (Å²) in [7, 11) is 1.35. The summed E-state index contributed by atoms with van der Waals surface area (Å²) in [5.41, 5.74) is 0. The first kappa shape index (κ1) is 15.9. The fourth-order valence-electron chi connectivity index (χ4n) is 1.31. The minimum atomic E-state index is -0.294. The van der Waals surface area contributed by atoms with Gasteiger partial charge in [-0.05, 0) is 20.8 Å². The molecule has 112 valence electrons. The second kappa shape index (κ2) is 8.13. The molecule has 0 aliphatic carbocycles. The summed E-state index contributed by atoms with van der Waals surface area (Å²) >= 11 is 0. The van der Waals surface area contributed by atoms with Crippen LogP contribution in [0, 0.1) is 0 Å². The average molecular weight is 283 g/mol. The fourth-order valence-corrected chi connectivity index (χ4v) is 1.31. The predicted molar refractivity (Wildman–Crippen MR) is 74.9 cm³/mol. The van der Waals surface area contributed by atoms with E-state index in [1.165, 1.54) is 7.11 Å². The second-order valence-corrected chi connectivity index (χ2v) is 4.22. The van der Waals surface area contributed by atoms with Crippen LogP contribution in [0.4, 0.5) is 11.9 Å². The zero-order valence-corrected chi connectivity index (χ0v) is 12.3. The highest BCUT2D eigenvalue weighted by Gasteiger charge is 2.09. The Morgan fingerprint density at radius 3 is 2.40 bits per heavy atom. The van der Waals surface area contributed by atoms with Gasteiger partial charge in [0.15, 0.2) is 0 Å². The van der Waals surface area contributed by atoms with Crippen LogP contribution in [-0.4, -0.2) is 47.2 Å². The lowest BCUT2D eigenvalue weighted by Crippen LogP contribution is -2.15. The van der Waals surface area contributed by atoms with Crippen molar-refractivity contribution in [1.82, 2.24) is 15.0 Å². The first-order valence-corrected chi connectivity index (χ1v) is 6.52. The molecular weight excluding hydrogens is 262 g/mol. The van der Waals surface area contributed by atoms with Gasteiger partial charge in [0.25, 0.3) is 0 Å². The van der Waals surface area contributed by atoms with Crippen molar-refractivity contribution in [3.63, 3.8) is 0 Å². The lowest BCUT2D eigenvalue weighted by atomic mass is 10.4. The molecule has 1 aromatic heterocycles. The maximum absolute atomic E-state index is 11.0. The van der Waals surface area contributed by atoms with E-state index >= 15 is 0 Å². The predicted octanol–water partition coefficient (Wildman–Crippen LogP) is 1.07. The number of methoxy groups -OCH3 is 1. The molecule has 1 aromatic rings. The number of anilines is 2. The summed E-state index contributed by atoms with van der Waals surface area (Å²) in [6.07, 6.45) is 0.203. The van der Waals surface area contributed by atoms with Crippen LogP contribution in [-0.2, 0) is 9.53 Å². The van der Waals surface area contributed by atoms with Crippen LogP contribution in [0.2, 0.25) is 0 Å². The van der Waals surface area contributed by atoms with Crippen LogP contribution in [0.1, 0.15) is 27.2 Å². The van der Waals surface area contributed by atoms with Crippen molar-refractivity contribution in [3.05, 3.63) is 0 Å². The highest BCUT2D eigenvalue weighted by molar-refractivity contribution is 5.69. The summed E-state index contributed by atoms with van der Waals surface area (Å²) in [5, 5.41) is 5.94. The molecule has 0 amide bonds. The zero-order valence-electron chi connectivity index (χ0n) is 12.3. The molecule has 0 atom stereocenters. The van der Waals surface area contributed by atoms with Gasteiger partial charge in [0.1, 0.15) is 0 Å². The Balaban J connectivity index is 2.72. The number of nitrogens with zero attached hydrogens (tertiary/aromatic N) is 3. The van der Waals surface area contributed by atoms with E-state index in [-0.39, 0.29) is 24.5 Å². The number of hydrogen-bond donors (Lipinski definition) is 2. The Hall–Kier alpha value is -2.12. The van der Waals surface area contributed by atoms with Crippen LogP contribution in [0.15, 0.2) is 0 Å². The summed E-state index contributed by atoms with van der Waals surface area (Å²) in [5.74, 6) is 0.492. The van der Waals surface area contributed by atoms with Crippen molar-refractivity contribution in [2.24, 2.45) is 0 Å². The van der Waals surface area contributed by atoms with E-state index in [2.05, 4.69) is 30.3 Å². The summed E-state index contributed by atoms with van der Waals surface area (Å²) < 4.78 is 10.0. The minimum Gasteiger partial charge on any atom is -0.469 e. The summed E-state index contributed by atoms with van der Waals surface area (Å²) in [6.45, 7) is 6.79. The quantitative estimate of drug-likeness (QED) is 0.683. The smallest absolute Gasteiger partial charge is 0.323 e. The Morgan fingerprint density at radius 1 is 1.20 bits per heavy atom. The summed E-state index contributed by atoms with van der Waals surface area (Å²) in [4.78, 5) is 23.5. The van der Waals surface area contributed by atoms with E-state index < -0.39 is 0 Å². The topological polar surface area (TPSA) is 98.3 Å². The van der Waals surface area contributed by atoms with Crippen molar-refractivity contribution < 1.29 is 14.3 Å². The van der Waals surface area contributed by atoms with Crippen molar-refractivity contribution >= 4 is 17.9 Å². The Bertz CT molecular complexity index is 439. The third-order valence-corrected chi connectivity index (χ3v) is 2.13. The molecule has 1 rings (SSSR count). The lowest BCUT2D eigenvalue weighted by molar-refractivity contribution is -0.140. The van der Waals surface area contributed by atoms with Crippen molar-refractivity contribution in [2.75, 3.05) is 30.8 Å². The molecule has 0 aromatic carbocycles. The molecule has 8 nitrogen and oxygen atoms in total. The van der Waals surface area contributed by atoms with E-state index in [1.54, 1.807) is 0 Å². The van der Waals surface area contributed by atoms with Gasteiger partial charge in [-0.15, -0.1) is 0 Å². The SMILES string of the molecule is CCNc1nc(NCCC(=O)OC)nc(OC(C)C)n1. The molecule has 1 heterocycles. The van der Waals surface area contributed by atoms with Crippen LogP contribution < -0.4 is 15.4 Å². The van der Waals surface area contributed by atoms with Gasteiger partial charge in [-0.2, -0.15) is 15.0 Å². The van der Waals surface area contributed by atoms with Gasteiger partial charge in [0.05, 0.1) is 19.6 Å². The van der Waals surface area contributed by atoms with E-state index in [0.717, 1.165) is 0 Å². The van der Waals surface area contributed by atoms with Crippen LogP contribution in [0.5, 0.6) is 6.01 Å². The molecule has 0 aliphatic rings. The first-order chi connectivity index (χ1) is 9.55. The number of carbonyl (C=O) groups excluding carboxylic acids is 1. The molecule has 0 bridgehead atoms. The average Bonchev–Trinajstić information content (AvgIpc) is 2.37.